The van der Waals surface area contributed by atoms with Crippen LogP contribution < -0.4 is 5.32 Å². The molecule has 0 aliphatic rings. The second kappa shape index (κ2) is 10.8. The molecule has 2 rings (SSSR count). The molecule has 0 aliphatic carbocycles. The summed E-state index contributed by atoms with van der Waals surface area (Å²) in [7, 11) is 0. The van der Waals surface area contributed by atoms with Crippen LogP contribution in [0.4, 0.5) is 4.39 Å². The van der Waals surface area contributed by atoms with Crippen molar-refractivity contribution in [3.63, 3.8) is 0 Å². The Morgan fingerprint density at radius 3 is 2.39 bits per heavy atom. The molecule has 2 aromatic rings. The molecule has 0 saturated heterocycles. The number of halogens is 2. The second-order valence-electron chi connectivity index (χ2n) is 6.63. The van der Waals surface area contributed by atoms with Gasteiger partial charge in [-0.1, -0.05) is 55.8 Å². The molecule has 2 aromatic carbocycles. The van der Waals surface area contributed by atoms with Crippen molar-refractivity contribution in [3.8, 4) is 0 Å². The van der Waals surface area contributed by atoms with Crippen molar-refractivity contribution in [2.24, 2.45) is 0 Å². The largest absolute Gasteiger partial charge is 0.354 e. The minimum atomic E-state index is -0.601. The van der Waals surface area contributed by atoms with E-state index in [1.807, 2.05) is 32.0 Å². The SMILES string of the molecule is CCCNC(=O)[C@@H](CC)N(Cc1ccccc1Cl)C(=O)Cc1ccc(F)cc1. The van der Waals surface area contributed by atoms with Crippen LogP contribution >= 0.6 is 11.6 Å². The summed E-state index contributed by atoms with van der Waals surface area (Å²) in [6, 6.07) is 12.5. The summed E-state index contributed by atoms with van der Waals surface area (Å²) in [6.45, 7) is 4.64. The highest BCUT2D eigenvalue weighted by Gasteiger charge is 2.28. The lowest BCUT2D eigenvalue weighted by Gasteiger charge is -2.31. The standard InChI is InChI=1S/C22H26ClFN2O2/c1-3-13-25-22(28)20(4-2)26(15-17-7-5-6-8-19(17)23)21(27)14-16-9-11-18(24)12-10-16/h5-12,20H,3-4,13-15H2,1-2H3,(H,25,28)/t20-/m1/s1. The number of hydrogen-bond acceptors (Lipinski definition) is 2. The van der Waals surface area contributed by atoms with Crippen LogP contribution in [0.5, 0.6) is 0 Å². The van der Waals surface area contributed by atoms with E-state index in [9.17, 15) is 14.0 Å². The lowest BCUT2D eigenvalue weighted by molar-refractivity contribution is -0.140. The number of nitrogens with zero attached hydrogens (tertiary/aromatic N) is 1. The van der Waals surface area contributed by atoms with Crippen molar-refractivity contribution in [1.82, 2.24) is 10.2 Å². The average Bonchev–Trinajstić information content (AvgIpc) is 2.69. The Labute approximate surface area is 170 Å². The molecule has 6 heteroatoms. The normalized spacial score (nSPS) is 11.7. The minimum absolute atomic E-state index is 0.0856. The molecule has 0 aromatic heterocycles. The first-order valence-electron chi connectivity index (χ1n) is 9.51. The molecule has 0 bridgehead atoms. The monoisotopic (exact) mass is 404 g/mol. The van der Waals surface area contributed by atoms with Crippen molar-refractivity contribution >= 4 is 23.4 Å². The van der Waals surface area contributed by atoms with Crippen LogP contribution in [-0.4, -0.2) is 29.3 Å². The van der Waals surface area contributed by atoms with Crippen LogP contribution in [0.1, 0.15) is 37.8 Å². The molecule has 2 amide bonds. The van der Waals surface area contributed by atoms with Gasteiger partial charge in [0.2, 0.25) is 11.8 Å². The quantitative estimate of drug-likeness (QED) is 0.675. The van der Waals surface area contributed by atoms with Crippen molar-refractivity contribution in [1.29, 1.82) is 0 Å². The van der Waals surface area contributed by atoms with Gasteiger partial charge >= 0.3 is 0 Å². The topological polar surface area (TPSA) is 49.4 Å². The van der Waals surface area contributed by atoms with Gasteiger partial charge in [0.15, 0.2) is 0 Å². The Kier molecular flexibility index (Phi) is 8.45. The van der Waals surface area contributed by atoms with E-state index in [2.05, 4.69) is 5.32 Å². The number of nitrogens with one attached hydrogen (secondary N) is 1. The fourth-order valence-electron chi connectivity index (χ4n) is 2.97. The van der Waals surface area contributed by atoms with Crippen molar-refractivity contribution in [2.75, 3.05) is 6.54 Å². The fourth-order valence-corrected chi connectivity index (χ4v) is 3.17. The van der Waals surface area contributed by atoms with Crippen LogP contribution in [0.25, 0.3) is 0 Å². The van der Waals surface area contributed by atoms with Gasteiger partial charge in [-0.25, -0.2) is 4.39 Å². The molecule has 1 atom stereocenters. The molecule has 0 unspecified atom stereocenters. The second-order valence-corrected chi connectivity index (χ2v) is 7.04. The van der Waals surface area contributed by atoms with E-state index in [4.69, 9.17) is 11.6 Å². The maximum Gasteiger partial charge on any atom is 0.242 e. The molecule has 0 spiro atoms. The summed E-state index contributed by atoms with van der Waals surface area (Å²) < 4.78 is 13.2. The maximum atomic E-state index is 13.2. The molecule has 0 radical (unpaired) electrons. The lowest BCUT2D eigenvalue weighted by Crippen LogP contribution is -2.49. The van der Waals surface area contributed by atoms with Gasteiger partial charge in [0, 0.05) is 18.1 Å². The molecule has 0 aliphatic heterocycles. The van der Waals surface area contributed by atoms with Gasteiger partial charge in [-0.2, -0.15) is 0 Å². The van der Waals surface area contributed by atoms with E-state index in [-0.39, 0.29) is 30.6 Å². The minimum Gasteiger partial charge on any atom is -0.354 e. The number of rotatable bonds is 9. The van der Waals surface area contributed by atoms with Gasteiger partial charge in [0.1, 0.15) is 11.9 Å². The Balaban J connectivity index is 2.27. The Bertz CT molecular complexity index is 795. The Morgan fingerprint density at radius 1 is 1.11 bits per heavy atom. The van der Waals surface area contributed by atoms with Crippen LogP contribution in [0.2, 0.25) is 5.02 Å². The summed E-state index contributed by atoms with van der Waals surface area (Å²) in [5, 5.41) is 3.42. The van der Waals surface area contributed by atoms with Gasteiger partial charge in [-0.3, -0.25) is 9.59 Å². The molecular formula is C22H26ClFN2O2. The highest BCUT2D eigenvalue weighted by atomic mass is 35.5. The summed E-state index contributed by atoms with van der Waals surface area (Å²) >= 11 is 6.28. The summed E-state index contributed by atoms with van der Waals surface area (Å²) in [5.74, 6) is -0.733. The summed E-state index contributed by atoms with van der Waals surface area (Å²) in [5.41, 5.74) is 1.47. The summed E-state index contributed by atoms with van der Waals surface area (Å²) in [4.78, 5) is 27.3. The number of carbonyl (C=O) groups is 2. The van der Waals surface area contributed by atoms with Crippen LogP contribution in [0.3, 0.4) is 0 Å². The first-order chi connectivity index (χ1) is 13.5. The van der Waals surface area contributed by atoms with Crippen molar-refractivity contribution in [3.05, 3.63) is 70.5 Å². The number of carbonyl (C=O) groups excluding carboxylic acids is 2. The third-order valence-electron chi connectivity index (χ3n) is 4.50. The zero-order chi connectivity index (χ0) is 20.5. The molecule has 1 N–H and O–H groups in total. The van der Waals surface area contributed by atoms with Gasteiger partial charge in [-0.05, 0) is 42.2 Å². The highest BCUT2D eigenvalue weighted by molar-refractivity contribution is 6.31. The van der Waals surface area contributed by atoms with Crippen LogP contribution in [-0.2, 0) is 22.6 Å². The van der Waals surface area contributed by atoms with Crippen LogP contribution in [0.15, 0.2) is 48.5 Å². The highest BCUT2D eigenvalue weighted by Crippen LogP contribution is 2.20. The van der Waals surface area contributed by atoms with Crippen molar-refractivity contribution in [2.45, 2.75) is 45.7 Å². The van der Waals surface area contributed by atoms with Gasteiger partial charge in [0.25, 0.3) is 0 Å². The van der Waals surface area contributed by atoms with E-state index in [1.54, 1.807) is 23.1 Å². The molecule has 0 heterocycles. The van der Waals surface area contributed by atoms with E-state index in [0.29, 0.717) is 23.6 Å². The maximum absolute atomic E-state index is 13.2. The predicted molar refractivity (Wildman–Crippen MR) is 109 cm³/mol. The summed E-state index contributed by atoms with van der Waals surface area (Å²) in [6.07, 6.45) is 1.38. The lowest BCUT2D eigenvalue weighted by atomic mass is 10.1. The molecule has 28 heavy (non-hydrogen) atoms. The smallest absolute Gasteiger partial charge is 0.242 e. The fraction of sp³-hybridized carbons (Fsp3) is 0.364. The number of benzene rings is 2. The Morgan fingerprint density at radius 2 is 1.79 bits per heavy atom. The first-order valence-corrected chi connectivity index (χ1v) is 9.89. The van der Waals surface area contributed by atoms with Gasteiger partial charge in [-0.15, -0.1) is 0 Å². The number of hydrogen-bond donors (Lipinski definition) is 1. The van der Waals surface area contributed by atoms with E-state index >= 15 is 0 Å². The third-order valence-corrected chi connectivity index (χ3v) is 4.87. The van der Waals surface area contributed by atoms with Crippen molar-refractivity contribution < 1.29 is 14.0 Å². The van der Waals surface area contributed by atoms with Crippen LogP contribution in [0, 0.1) is 5.82 Å². The molecule has 4 nitrogen and oxygen atoms in total. The van der Waals surface area contributed by atoms with Gasteiger partial charge < -0.3 is 10.2 Å². The zero-order valence-corrected chi connectivity index (χ0v) is 17.0. The third kappa shape index (κ3) is 6.06. The Hall–Kier alpha value is -2.40. The zero-order valence-electron chi connectivity index (χ0n) is 16.3. The average molecular weight is 405 g/mol. The molecule has 0 saturated carbocycles. The van der Waals surface area contributed by atoms with E-state index in [1.165, 1.54) is 12.1 Å². The predicted octanol–water partition coefficient (Wildman–Crippen LogP) is 4.36. The van der Waals surface area contributed by atoms with Gasteiger partial charge in [0.05, 0.1) is 6.42 Å². The van der Waals surface area contributed by atoms with E-state index < -0.39 is 6.04 Å². The molecule has 0 fully saturated rings. The van der Waals surface area contributed by atoms with E-state index in [0.717, 1.165) is 12.0 Å². The first kappa shape index (κ1) is 21.9. The molecule has 150 valence electrons. The number of amides is 2. The molecular weight excluding hydrogens is 379 g/mol.